The van der Waals surface area contributed by atoms with Crippen molar-refractivity contribution in [3.8, 4) is 0 Å². The molecule has 2 aromatic rings. The molecule has 0 nitrogen and oxygen atoms in total. The van der Waals surface area contributed by atoms with Crippen LogP contribution in [0.5, 0.6) is 0 Å². The average molecular weight is 269 g/mol. The lowest BCUT2D eigenvalue weighted by molar-refractivity contribution is 1.41. The molecule has 0 spiro atoms. The van der Waals surface area contributed by atoms with Crippen LogP contribution < -0.4 is 5.30 Å². The third-order valence-corrected chi connectivity index (χ3v) is 4.16. The fourth-order valence-corrected chi connectivity index (χ4v) is 3.14. The zero-order valence-corrected chi connectivity index (χ0v) is 11.1. The summed E-state index contributed by atoms with van der Waals surface area (Å²) in [6.07, 6.45) is 0.972. The van der Waals surface area contributed by atoms with Crippen molar-refractivity contribution in [2.45, 2.75) is 6.16 Å². The van der Waals surface area contributed by atoms with Crippen LogP contribution in [-0.2, 0) is 6.16 Å². The molecule has 0 aliphatic carbocycles. The van der Waals surface area contributed by atoms with Crippen molar-refractivity contribution in [1.82, 2.24) is 0 Å². The van der Waals surface area contributed by atoms with E-state index < -0.39 is 0 Å². The Kier molecular flexibility index (Phi) is 4.23. The molecule has 0 bridgehead atoms. The maximum absolute atomic E-state index is 6.12. The van der Waals surface area contributed by atoms with Crippen LogP contribution in [0, 0.1) is 0 Å². The predicted octanol–water partition coefficient (Wildman–Crippen LogP) is 4.50. The first-order chi connectivity index (χ1) is 7.75. The van der Waals surface area contributed by atoms with E-state index in [-0.39, 0.29) is 0 Å². The Labute approximate surface area is 107 Å². The largest absolute Gasteiger partial charge is 0.0859 e. The summed E-state index contributed by atoms with van der Waals surface area (Å²) in [7, 11) is 0.748. The minimum Gasteiger partial charge on any atom is -0.0859 e. The lowest BCUT2D eigenvalue weighted by Gasteiger charge is -2.05. The van der Waals surface area contributed by atoms with Crippen LogP contribution in [0.1, 0.15) is 5.56 Å². The van der Waals surface area contributed by atoms with Crippen molar-refractivity contribution in [2.24, 2.45) is 0 Å². The normalized spacial score (nSPS) is 11.1. The molecule has 0 fully saturated rings. The van der Waals surface area contributed by atoms with E-state index in [9.17, 15) is 0 Å². The van der Waals surface area contributed by atoms with Crippen LogP contribution in [0.25, 0.3) is 0 Å². The van der Waals surface area contributed by atoms with Gasteiger partial charge >= 0.3 is 0 Å². The lowest BCUT2D eigenvalue weighted by Crippen LogP contribution is -1.93. The fraction of sp³-hybridized carbons (Fsp3) is 0.0769. The molecule has 3 heteroatoms. The molecule has 0 radical (unpaired) electrons. The molecule has 0 heterocycles. The molecule has 0 aliphatic heterocycles. The van der Waals surface area contributed by atoms with Gasteiger partial charge in [0.05, 0.1) is 0 Å². The van der Waals surface area contributed by atoms with Gasteiger partial charge in [-0.3, -0.25) is 0 Å². The number of rotatable bonds is 3. The van der Waals surface area contributed by atoms with Crippen molar-refractivity contribution in [2.75, 3.05) is 0 Å². The highest BCUT2D eigenvalue weighted by Gasteiger charge is 2.01. The smallest absolute Gasteiger partial charge is 0.0456 e. The van der Waals surface area contributed by atoms with Gasteiger partial charge in [0.15, 0.2) is 0 Å². The van der Waals surface area contributed by atoms with Gasteiger partial charge in [0.1, 0.15) is 0 Å². The van der Waals surface area contributed by atoms with Crippen molar-refractivity contribution in [1.29, 1.82) is 0 Å². The Morgan fingerprint density at radius 2 is 1.69 bits per heavy atom. The van der Waals surface area contributed by atoms with E-state index in [0.717, 1.165) is 25.3 Å². The molecule has 16 heavy (non-hydrogen) atoms. The van der Waals surface area contributed by atoms with Crippen LogP contribution in [0.3, 0.4) is 0 Å². The van der Waals surface area contributed by atoms with E-state index >= 15 is 0 Å². The fourth-order valence-electron chi connectivity index (χ4n) is 1.42. The summed E-state index contributed by atoms with van der Waals surface area (Å²) in [4.78, 5) is 0. The first-order valence-corrected chi connectivity index (χ1v) is 6.95. The summed E-state index contributed by atoms with van der Waals surface area (Å²) in [6, 6.07) is 16.1. The SMILES string of the molecule is Clc1ccc(CPc2ccccc2)c(Cl)c1. The highest BCUT2D eigenvalue weighted by Crippen LogP contribution is 2.26. The standard InChI is InChI=1S/C13H11Cl2P/c14-11-7-6-10(13(15)8-11)9-16-12-4-2-1-3-5-12/h1-8,16H,9H2. The van der Waals surface area contributed by atoms with Crippen molar-refractivity contribution < 1.29 is 0 Å². The summed E-state index contributed by atoms with van der Waals surface area (Å²) in [5.74, 6) is 0. The van der Waals surface area contributed by atoms with E-state index in [0.29, 0.717) is 5.02 Å². The second kappa shape index (κ2) is 5.68. The molecule has 0 aromatic heterocycles. The summed E-state index contributed by atoms with van der Waals surface area (Å²) >= 11 is 12.0. The van der Waals surface area contributed by atoms with Crippen molar-refractivity contribution in [3.63, 3.8) is 0 Å². The Hall–Kier alpha value is -0.550. The van der Waals surface area contributed by atoms with E-state index in [1.165, 1.54) is 5.30 Å². The molecular formula is C13H11Cl2P. The maximum atomic E-state index is 6.12. The first kappa shape index (κ1) is 11.9. The first-order valence-electron chi connectivity index (χ1n) is 4.98. The van der Waals surface area contributed by atoms with E-state index in [2.05, 4.69) is 24.3 Å². The van der Waals surface area contributed by atoms with Crippen LogP contribution in [0.15, 0.2) is 48.5 Å². The second-order valence-electron chi connectivity index (χ2n) is 3.46. The van der Waals surface area contributed by atoms with Gasteiger partial charge < -0.3 is 0 Å². The topological polar surface area (TPSA) is 0 Å². The average Bonchev–Trinajstić information content (AvgIpc) is 2.29. The van der Waals surface area contributed by atoms with Crippen molar-refractivity contribution in [3.05, 3.63) is 64.1 Å². The van der Waals surface area contributed by atoms with Gasteiger partial charge in [0.2, 0.25) is 0 Å². The molecule has 0 saturated carbocycles. The van der Waals surface area contributed by atoms with Crippen LogP contribution in [0.4, 0.5) is 0 Å². The van der Waals surface area contributed by atoms with Gasteiger partial charge in [-0.25, -0.2) is 0 Å². The predicted molar refractivity (Wildman–Crippen MR) is 74.6 cm³/mol. The molecule has 0 N–H and O–H groups in total. The highest BCUT2D eigenvalue weighted by molar-refractivity contribution is 7.46. The van der Waals surface area contributed by atoms with Crippen LogP contribution in [0.2, 0.25) is 10.0 Å². The molecule has 0 saturated heterocycles. The zero-order valence-electron chi connectivity index (χ0n) is 8.58. The monoisotopic (exact) mass is 268 g/mol. The van der Waals surface area contributed by atoms with Gasteiger partial charge in [-0.1, -0.05) is 68.2 Å². The van der Waals surface area contributed by atoms with Crippen LogP contribution in [-0.4, -0.2) is 0 Å². The Balaban J connectivity index is 2.05. The lowest BCUT2D eigenvalue weighted by atomic mass is 10.2. The van der Waals surface area contributed by atoms with E-state index in [4.69, 9.17) is 23.2 Å². The minimum atomic E-state index is 0.691. The van der Waals surface area contributed by atoms with E-state index in [1.807, 2.05) is 18.2 Å². The molecular weight excluding hydrogens is 258 g/mol. The van der Waals surface area contributed by atoms with E-state index in [1.54, 1.807) is 6.07 Å². The number of halogens is 2. The highest BCUT2D eigenvalue weighted by atomic mass is 35.5. The Bertz CT molecular complexity index is 469. The summed E-state index contributed by atoms with van der Waals surface area (Å²) < 4.78 is 0. The Morgan fingerprint density at radius 3 is 2.38 bits per heavy atom. The maximum Gasteiger partial charge on any atom is 0.0456 e. The summed E-state index contributed by atoms with van der Waals surface area (Å²) in [5.41, 5.74) is 1.16. The molecule has 2 rings (SSSR count). The third kappa shape index (κ3) is 3.22. The number of hydrogen-bond acceptors (Lipinski definition) is 0. The van der Waals surface area contributed by atoms with Crippen molar-refractivity contribution >= 4 is 37.1 Å². The van der Waals surface area contributed by atoms with Gasteiger partial charge in [0.25, 0.3) is 0 Å². The Morgan fingerprint density at radius 1 is 0.938 bits per heavy atom. The summed E-state index contributed by atoms with van der Waals surface area (Å²) in [6.45, 7) is 0. The third-order valence-electron chi connectivity index (χ3n) is 2.27. The molecule has 1 atom stereocenters. The zero-order chi connectivity index (χ0) is 11.4. The number of benzene rings is 2. The van der Waals surface area contributed by atoms with Gasteiger partial charge in [-0.05, 0) is 29.2 Å². The molecule has 0 amide bonds. The van der Waals surface area contributed by atoms with Gasteiger partial charge in [-0.2, -0.15) is 0 Å². The molecule has 82 valence electrons. The van der Waals surface area contributed by atoms with Gasteiger partial charge in [-0.15, -0.1) is 0 Å². The second-order valence-corrected chi connectivity index (χ2v) is 5.58. The minimum absolute atomic E-state index is 0.691. The molecule has 2 aromatic carbocycles. The molecule has 1 unspecified atom stereocenters. The number of hydrogen-bond donors (Lipinski definition) is 0. The summed E-state index contributed by atoms with van der Waals surface area (Å²) in [5, 5.41) is 2.81. The van der Waals surface area contributed by atoms with Crippen LogP contribution >= 0.6 is 31.8 Å². The quantitative estimate of drug-likeness (QED) is 0.720. The van der Waals surface area contributed by atoms with Gasteiger partial charge in [0, 0.05) is 10.0 Å². The molecule has 0 aliphatic rings.